The molecule has 0 rings (SSSR count). The summed E-state index contributed by atoms with van der Waals surface area (Å²) in [5.41, 5.74) is 5.53. The first kappa shape index (κ1) is 28.0. The van der Waals surface area contributed by atoms with Crippen LogP contribution in [0, 0.1) is 5.92 Å². The van der Waals surface area contributed by atoms with Crippen molar-refractivity contribution in [2.24, 2.45) is 11.7 Å². The van der Waals surface area contributed by atoms with E-state index in [1.54, 1.807) is 13.8 Å². The van der Waals surface area contributed by atoms with Crippen LogP contribution >= 0.6 is 24.4 Å². The number of carboxylic acids is 2. The summed E-state index contributed by atoms with van der Waals surface area (Å²) in [6.07, 6.45) is 1.44. The molecule has 0 saturated carbocycles. The molecule has 30 heavy (non-hydrogen) atoms. The zero-order valence-electron chi connectivity index (χ0n) is 17.1. The van der Waals surface area contributed by atoms with Crippen molar-refractivity contribution >= 4 is 54.1 Å². The molecule has 4 unspecified atom stereocenters. The molecule has 13 heteroatoms. The van der Waals surface area contributed by atoms with Gasteiger partial charge in [-0.2, -0.15) is 24.4 Å². The van der Waals surface area contributed by atoms with E-state index in [-0.39, 0.29) is 18.1 Å². The van der Waals surface area contributed by atoms with Crippen LogP contribution in [0.3, 0.4) is 0 Å². The number of carbonyl (C=O) groups is 5. The third-order valence-corrected chi connectivity index (χ3v) is 5.03. The minimum absolute atomic E-state index is 0.129. The van der Waals surface area contributed by atoms with E-state index < -0.39 is 60.2 Å². The summed E-state index contributed by atoms with van der Waals surface area (Å²) >= 11 is 5.33. The van der Waals surface area contributed by atoms with Crippen molar-refractivity contribution in [1.82, 2.24) is 16.0 Å². The quantitative estimate of drug-likeness (QED) is 0.152. The summed E-state index contributed by atoms with van der Waals surface area (Å²) in [6.45, 7) is 3.32. The number of carbonyl (C=O) groups excluding carboxylic acids is 3. The minimum atomic E-state index is -1.33. The second kappa shape index (κ2) is 14.1. The highest BCUT2D eigenvalue weighted by molar-refractivity contribution is 7.98. The van der Waals surface area contributed by atoms with Crippen molar-refractivity contribution in [3.8, 4) is 0 Å². The maximum Gasteiger partial charge on any atom is 0.327 e. The lowest BCUT2D eigenvalue weighted by Crippen LogP contribution is -2.58. The predicted molar refractivity (Wildman–Crippen MR) is 115 cm³/mol. The van der Waals surface area contributed by atoms with E-state index in [0.29, 0.717) is 5.75 Å². The van der Waals surface area contributed by atoms with E-state index in [1.807, 2.05) is 6.26 Å². The highest BCUT2D eigenvalue weighted by Gasteiger charge is 2.31. The Balaban J connectivity index is 5.30. The largest absolute Gasteiger partial charge is 0.481 e. The fraction of sp³-hybridized carbons (Fsp3) is 0.706. The Bertz CT molecular complexity index is 633. The van der Waals surface area contributed by atoms with Gasteiger partial charge < -0.3 is 31.9 Å². The molecule has 0 bridgehead atoms. The molecule has 0 radical (unpaired) electrons. The number of thiol groups is 1. The van der Waals surface area contributed by atoms with Crippen LogP contribution in [0.4, 0.5) is 0 Å². The molecular formula is C17H30N4O7S2. The van der Waals surface area contributed by atoms with E-state index in [1.165, 1.54) is 11.8 Å². The monoisotopic (exact) mass is 466 g/mol. The summed E-state index contributed by atoms with van der Waals surface area (Å²) in [5.74, 6) is -4.68. The van der Waals surface area contributed by atoms with E-state index in [2.05, 4.69) is 28.6 Å². The van der Waals surface area contributed by atoms with Gasteiger partial charge in [-0.1, -0.05) is 13.8 Å². The zero-order chi connectivity index (χ0) is 23.4. The number of hydrogen-bond acceptors (Lipinski definition) is 8. The van der Waals surface area contributed by atoms with Gasteiger partial charge in [-0.15, -0.1) is 0 Å². The van der Waals surface area contributed by atoms with Gasteiger partial charge in [0.1, 0.15) is 18.1 Å². The first-order valence-corrected chi connectivity index (χ1v) is 11.2. The lowest BCUT2D eigenvalue weighted by Gasteiger charge is -2.26. The fourth-order valence-corrected chi connectivity index (χ4v) is 3.02. The van der Waals surface area contributed by atoms with Crippen molar-refractivity contribution in [3.63, 3.8) is 0 Å². The van der Waals surface area contributed by atoms with Crippen molar-refractivity contribution in [3.05, 3.63) is 0 Å². The third-order valence-electron chi connectivity index (χ3n) is 4.02. The summed E-state index contributed by atoms with van der Waals surface area (Å²) in [4.78, 5) is 59.2. The number of hydrogen-bond donors (Lipinski definition) is 7. The number of nitrogens with one attached hydrogen (secondary N) is 3. The average molecular weight is 467 g/mol. The summed E-state index contributed by atoms with van der Waals surface area (Å²) in [6, 6.07) is -4.65. The van der Waals surface area contributed by atoms with Gasteiger partial charge in [0.25, 0.3) is 0 Å². The second-order valence-corrected chi connectivity index (χ2v) is 8.21. The van der Waals surface area contributed by atoms with E-state index in [4.69, 9.17) is 15.9 Å². The van der Waals surface area contributed by atoms with Gasteiger partial charge in [-0.25, -0.2) is 4.79 Å². The predicted octanol–water partition coefficient (Wildman–Crippen LogP) is -1.33. The number of aliphatic carboxylic acids is 2. The van der Waals surface area contributed by atoms with Crippen LogP contribution in [-0.2, 0) is 24.0 Å². The van der Waals surface area contributed by atoms with E-state index in [0.717, 1.165) is 0 Å². The molecule has 0 aromatic carbocycles. The standard InChI is InChI=1S/C17H30N4O7S2/c1-8(2)13(21-14(24)9(18)6-12(22)23)16(26)19-10(4-5-30-3)15(25)20-11(7-29)17(27)28/h8-11,13,29H,4-7,18H2,1-3H3,(H,19,26)(H,20,25)(H,21,24)(H,22,23)(H,27,28). The number of thioether (sulfide) groups is 1. The number of nitrogens with two attached hydrogens (primary N) is 1. The molecule has 0 aliphatic carbocycles. The zero-order valence-corrected chi connectivity index (χ0v) is 18.8. The molecule has 7 N–H and O–H groups in total. The number of amides is 3. The Morgan fingerprint density at radius 2 is 1.53 bits per heavy atom. The molecule has 0 aliphatic rings. The normalized spacial score (nSPS) is 14.9. The molecule has 4 atom stereocenters. The SMILES string of the molecule is CSCCC(NC(=O)C(NC(=O)C(N)CC(=O)O)C(C)C)C(=O)NC(CS)C(=O)O. The van der Waals surface area contributed by atoms with Crippen LogP contribution in [0.5, 0.6) is 0 Å². The van der Waals surface area contributed by atoms with Gasteiger partial charge in [-0.05, 0) is 24.3 Å². The Kier molecular flexibility index (Phi) is 13.2. The van der Waals surface area contributed by atoms with Gasteiger partial charge in [0, 0.05) is 5.75 Å². The topological polar surface area (TPSA) is 188 Å². The highest BCUT2D eigenvalue weighted by atomic mass is 32.2. The number of rotatable bonds is 14. The lowest BCUT2D eigenvalue weighted by atomic mass is 10.0. The number of carboxylic acid groups (broad SMARTS) is 2. The molecule has 0 fully saturated rings. The van der Waals surface area contributed by atoms with Crippen molar-refractivity contribution in [2.45, 2.75) is 50.9 Å². The molecule has 172 valence electrons. The Hall–Kier alpha value is -1.99. The summed E-state index contributed by atoms with van der Waals surface area (Å²) in [7, 11) is 0. The smallest absolute Gasteiger partial charge is 0.327 e. The second-order valence-electron chi connectivity index (χ2n) is 6.86. The molecule has 0 saturated heterocycles. The summed E-state index contributed by atoms with van der Waals surface area (Å²) < 4.78 is 0. The van der Waals surface area contributed by atoms with Gasteiger partial charge in [0.15, 0.2) is 0 Å². The van der Waals surface area contributed by atoms with Gasteiger partial charge in [0.05, 0.1) is 12.5 Å². The first-order chi connectivity index (χ1) is 13.9. The Labute approximate surface area is 184 Å². The van der Waals surface area contributed by atoms with Crippen LogP contribution in [0.1, 0.15) is 26.7 Å². The van der Waals surface area contributed by atoms with Crippen LogP contribution < -0.4 is 21.7 Å². The first-order valence-electron chi connectivity index (χ1n) is 9.15. The van der Waals surface area contributed by atoms with E-state index in [9.17, 15) is 24.0 Å². The molecule has 0 heterocycles. The molecule has 0 spiro atoms. The van der Waals surface area contributed by atoms with Crippen LogP contribution in [0.2, 0.25) is 0 Å². The molecular weight excluding hydrogens is 436 g/mol. The Morgan fingerprint density at radius 1 is 0.967 bits per heavy atom. The molecule has 11 nitrogen and oxygen atoms in total. The summed E-state index contributed by atoms with van der Waals surface area (Å²) in [5, 5.41) is 25.1. The van der Waals surface area contributed by atoms with Gasteiger partial charge in [0.2, 0.25) is 17.7 Å². The molecule has 3 amide bonds. The van der Waals surface area contributed by atoms with Gasteiger partial charge in [-0.3, -0.25) is 19.2 Å². The maximum absolute atomic E-state index is 12.7. The van der Waals surface area contributed by atoms with Crippen molar-refractivity contribution < 1.29 is 34.2 Å². The van der Waals surface area contributed by atoms with Crippen LogP contribution in [-0.4, -0.2) is 81.8 Å². The van der Waals surface area contributed by atoms with Crippen LogP contribution in [0.15, 0.2) is 0 Å². The van der Waals surface area contributed by atoms with Gasteiger partial charge >= 0.3 is 11.9 Å². The average Bonchev–Trinajstić information content (AvgIpc) is 2.65. The van der Waals surface area contributed by atoms with E-state index >= 15 is 0 Å². The Morgan fingerprint density at radius 3 is 1.97 bits per heavy atom. The minimum Gasteiger partial charge on any atom is -0.481 e. The van der Waals surface area contributed by atoms with Crippen LogP contribution in [0.25, 0.3) is 0 Å². The molecule has 0 aromatic heterocycles. The third kappa shape index (κ3) is 10.2. The fourth-order valence-electron chi connectivity index (χ4n) is 2.30. The molecule has 0 aromatic rings. The van der Waals surface area contributed by atoms with Crippen molar-refractivity contribution in [1.29, 1.82) is 0 Å². The lowest BCUT2D eigenvalue weighted by molar-refractivity contribution is -0.141. The highest BCUT2D eigenvalue weighted by Crippen LogP contribution is 2.07. The maximum atomic E-state index is 12.7. The van der Waals surface area contributed by atoms with Crippen molar-refractivity contribution in [2.75, 3.05) is 17.8 Å². The molecule has 0 aliphatic heterocycles.